The Morgan fingerprint density at radius 1 is 1.40 bits per heavy atom. The number of aliphatic hydroxyl groups excluding tert-OH is 2. The number of nitrogens with zero attached hydrogens (tertiary/aromatic N) is 4. The number of aromatic nitrogens is 4. The third kappa shape index (κ3) is 2.25. The average molecular weight is 367 g/mol. The van der Waals surface area contributed by atoms with Crippen molar-refractivity contribution in [2.45, 2.75) is 23.3 Å². The van der Waals surface area contributed by atoms with Crippen LogP contribution in [-0.2, 0) is 4.74 Å². The van der Waals surface area contributed by atoms with Gasteiger partial charge in [-0.3, -0.25) is 4.57 Å². The molecule has 0 saturated carbocycles. The molecular weight excluding hydrogens is 353 g/mol. The smallest absolute Gasteiger partial charge is 0.167 e. The zero-order valence-electron chi connectivity index (χ0n) is 10.1. The molecule has 2 aromatic heterocycles. The van der Waals surface area contributed by atoms with Crippen LogP contribution >= 0.6 is 28.3 Å². The van der Waals surface area contributed by atoms with E-state index in [2.05, 4.69) is 30.9 Å². The van der Waals surface area contributed by atoms with E-state index >= 15 is 0 Å². The zero-order chi connectivity index (χ0) is 13.6. The van der Waals surface area contributed by atoms with Crippen molar-refractivity contribution in [3.63, 3.8) is 0 Å². The van der Waals surface area contributed by atoms with Gasteiger partial charge in [0.05, 0.1) is 23.9 Å². The van der Waals surface area contributed by atoms with Crippen molar-refractivity contribution in [3.8, 4) is 0 Å². The number of halogens is 2. The van der Waals surface area contributed by atoms with Crippen LogP contribution in [0.4, 0.5) is 5.82 Å². The number of alkyl halides is 1. The van der Waals surface area contributed by atoms with Crippen LogP contribution in [0.15, 0.2) is 12.7 Å². The molecule has 1 aliphatic heterocycles. The highest BCUT2D eigenvalue weighted by Gasteiger charge is 2.43. The molecule has 0 spiro atoms. The summed E-state index contributed by atoms with van der Waals surface area (Å²) in [5.74, 6) is 0.269. The number of hydrogen-bond donors (Lipinski definition) is 3. The fraction of sp³-hybridized carbons (Fsp3) is 0.500. The fourth-order valence-electron chi connectivity index (χ4n) is 2.14. The number of fused-ring (bicyclic) bond motifs is 1. The predicted octanol–water partition coefficient (Wildman–Crippen LogP) is -0.156. The minimum atomic E-state index is -0.828. The van der Waals surface area contributed by atoms with Crippen molar-refractivity contribution < 1.29 is 14.9 Å². The van der Waals surface area contributed by atoms with E-state index in [0.29, 0.717) is 11.2 Å². The number of imidazole rings is 1. The molecule has 0 amide bonds. The van der Waals surface area contributed by atoms with Crippen LogP contribution in [0, 0.1) is 0 Å². The van der Waals surface area contributed by atoms with E-state index in [9.17, 15) is 10.2 Å². The topological polar surface area (TPSA) is 119 Å². The van der Waals surface area contributed by atoms with E-state index in [4.69, 9.17) is 10.5 Å². The lowest BCUT2D eigenvalue weighted by Gasteiger charge is -2.16. The summed E-state index contributed by atoms with van der Waals surface area (Å²) >= 11 is 3.31. The Balaban J connectivity index is 0.00000147. The summed E-state index contributed by atoms with van der Waals surface area (Å²) in [6.45, 7) is -0.187. The number of anilines is 1. The molecule has 3 heterocycles. The van der Waals surface area contributed by atoms with Gasteiger partial charge in [-0.2, -0.15) is 0 Å². The van der Waals surface area contributed by atoms with Gasteiger partial charge in [-0.1, -0.05) is 15.9 Å². The van der Waals surface area contributed by atoms with Crippen molar-refractivity contribution in [2.75, 3.05) is 12.3 Å². The van der Waals surface area contributed by atoms with Gasteiger partial charge in [0.1, 0.15) is 17.9 Å². The van der Waals surface area contributed by atoms with Crippen LogP contribution in [0.5, 0.6) is 0 Å². The van der Waals surface area contributed by atoms with Gasteiger partial charge in [-0.05, 0) is 0 Å². The number of ether oxygens (including phenoxy) is 1. The van der Waals surface area contributed by atoms with E-state index in [1.165, 1.54) is 12.7 Å². The van der Waals surface area contributed by atoms with Crippen LogP contribution in [-0.4, -0.2) is 53.4 Å². The average Bonchev–Trinajstić information content (AvgIpc) is 2.94. The number of hydrogen-bond acceptors (Lipinski definition) is 7. The molecule has 2 aromatic rings. The molecule has 8 nitrogen and oxygen atoms in total. The summed E-state index contributed by atoms with van der Waals surface area (Å²) in [6.07, 6.45) is 0.818. The number of nitrogens with two attached hydrogens (primary N) is 1. The van der Waals surface area contributed by atoms with E-state index in [0.717, 1.165) is 0 Å². The second-order valence-corrected chi connectivity index (χ2v) is 5.32. The third-order valence-corrected chi connectivity index (χ3v) is 4.26. The zero-order valence-corrected chi connectivity index (χ0v) is 12.5. The van der Waals surface area contributed by atoms with Gasteiger partial charge in [-0.25, -0.2) is 15.0 Å². The van der Waals surface area contributed by atoms with Gasteiger partial charge >= 0.3 is 0 Å². The van der Waals surface area contributed by atoms with E-state index in [1.807, 2.05) is 0 Å². The molecule has 0 unspecified atom stereocenters. The number of aliphatic hydroxyl groups is 2. The van der Waals surface area contributed by atoms with E-state index in [-0.39, 0.29) is 29.7 Å². The van der Waals surface area contributed by atoms with Crippen LogP contribution in [0.25, 0.3) is 11.2 Å². The Hall–Kier alpha value is -1.00. The molecular formula is C10H13BrClN5O3. The maximum atomic E-state index is 10.2. The molecule has 1 aliphatic rings. The second-order valence-electron chi connectivity index (χ2n) is 4.27. The highest BCUT2D eigenvalue weighted by Crippen LogP contribution is 2.35. The van der Waals surface area contributed by atoms with Crippen LogP contribution in [0.2, 0.25) is 0 Å². The predicted molar refractivity (Wildman–Crippen MR) is 76.7 cm³/mol. The minimum absolute atomic E-state index is 0. The summed E-state index contributed by atoms with van der Waals surface area (Å²) in [5, 5.41) is 19.3. The molecule has 1 fully saturated rings. The van der Waals surface area contributed by atoms with Crippen LogP contribution in [0.1, 0.15) is 6.23 Å². The van der Waals surface area contributed by atoms with Crippen LogP contribution < -0.4 is 5.73 Å². The lowest BCUT2D eigenvalue weighted by Crippen LogP contribution is -2.28. The maximum absolute atomic E-state index is 10.2. The molecule has 4 N–H and O–H groups in total. The van der Waals surface area contributed by atoms with Gasteiger partial charge < -0.3 is 20.7 Å². The fourth-order valence-corrected chi connectivity index (χ4v) is 2.69. The molecule has 10 heteroatoms. The molecule has 3 rings (SSSR count). The Morgan fingerprint density at radius 3 is 2.80 bits per heavy atom. The van der Waals surface area contributed by atoms with Gasteiger partial charge in [-0.15, -0.1) is 12.4 Å². The molecule has 20 heavy (non-hydrogen) atoms. The Morgan fingerprint density at radius 2 is 2.15 bits per heavy atom. The summed E-state index contributed by atoms with van der Waals surface area (Å²) in [5.41, 5.74) is 6.64. The number of rotatable bonds is 2. The monoisotopic (exact) mass is 365 g/mol. The quantitative estimate of drug-likeness (QED) is 0.632. The normalized spacial score (nSPS) is 29.6. The van der Waals surface area contributed by atoms with Crippen LogP contribution in [0.3, 0.4) is 0 Å². The van der Waals surface area contributed by atoms with Gasteiger partial charge in [0.2, 0.25) is 0 Å². The second kappa shape index (κ2) is 5.78. The molecule has 110 valence electrons. The molecule has 0 radical (unpaired) electrons. The molecule has 0 aliphatic carbocycles. The Bertz CT molecular complexity index is 612. The first kappa shape index (κ1) is 15.4. The molecule has 0 aromatic carbocycles. The first-order valence-corrected chi connectivity index (χ1v) is 6.56. The minimum Gasteiger partial charge on any atom is -0.394 e. The Labute approximate surface area is 128 Å². The maximum Gasteiger partial charge on any atom is 0.167 e. The highest BCUT2D eigenvalue weighted by atomic mass is 79.9. The summed E-state index contributed by atoms with van der Waals surface area (Å²) in [6, 6.07) is 0. The molecule has 1 saturated heterocycles. The standard InChI is InChI=1S/C10H12BrN5O3.ClH/c11-5-4(1-17)19-10(7(5)18)16-3-15-6-8(12)13-2-14-9(6)16;/h2-5,7,10,17-18H,1H2,(H2,12,13,14);1H/t4-,5-,7-,10-;/m1./s1. The summed E-state index contributed by atoms with van der Waals surface area (Å²) < 4.78 is 7.19. The Kier molecular flexibility index (Phi) is 4.45. The first-order valence-electron chi connectivity index (χ1n) is 5.65. The summed E-state index contributed by atoms with van der Waals surface area (Å²) in [4.78, 5) is 11.7. The van der Waals surface area contributed by atoms with Crippen molar-refractivity contribution in [1.82, 2.24) is 19.5 Å². The summed E-state index contributed by atoms with van der Waals surface area (Å²) in [7, 11) is 0. The first-order chi connectivity index (χ1) is 9.13. The lowest BCUT2D eigenvalue weighted by molar-refractivity contribution is -0.0486. The highest BCUT2D eigenvalue weighted by molar-refractivity contribution is 9.09. The molecule has 4 atom stereocenters. The van der Waals surface area contributed by atoms with E-state index < -0.39 is 18.4 Å². The largest absolute Gasteiger partial charge is 0.394 e. The lowest BCUT2D eigenvalue weighted by atomic mass is 10.2. The van der Waals surface area contributed by atoms with Crippen molar-refractivity contribution in [2.24, 2.45) is 0 Å². The van der Waals surface area contributed by atoms with Gasteiger partial charge in [0.25, 0.3) is 0 Å². The third-order valence-electron chi connectivity index (χ3n) is 3.13. The molecule has 0 bridgehead atoms. The van der Waals surface area contributed by atoms with E-state index in [1.54, 1.807) is 4.57 Å². The van der Waals surface area contributed by atoms with Gasteiger partial charge in [0, 0.05) is 0 Å². The van der Waals surface area contributed by atoms with Gasteiger partial charge in [0.15, 0.2) is 17.7 Å². The number of nitrogen functional groups attached to an aromatic ring is 1. The van der Waals surface area contributed by atoms with Crippen molar-refractivity contribution in [3.05, 3.63) is 12.7 Å². The SMILES string of the molecule is Cl.Nc1ncnc2c1ncn2[C@@H]1O[C@H](CO)[C@@H](Br)[C@H]1O. The van der Waals surface area contributed by atoms with Crippen molar-refractivity contribution in [1.29, 1.82) is 0 Å². The van der Waals surface area contributed by atoms with Crippen molar-refractivity contribution >= 4 is 45.3 Å².